The Balaban J connectivity index is 1.98. The third-order valence-electron chi connectivity index (χ3n) is 2.75. The topological polar surface area (TPSA) is 70.7 Å². The minimum Gasteiger partial charge on any atom is -0.344 e. The molecule has 2 N–H and O–H groups in total. The molecular weight excluding hydrogens is 272 g/mol. The van der Waals surface area contributed by atoms with Crippen molar-refractivity contribution in [1.29, 1.82) is 0 Å². The smallest absolute Gasteiger partial charge is 0.273 e. The minimum atomic E-state index is -0.230. The number of thioether (sulfide) groups is 1. The Morgan fingerprint density at radius 1 is 1.25 bits per heavy atom. The second-order valence-corrected chi connectivity index (χ2v) is 6.44. The van der Waals surface area contributed by atoms with Gasteiger partial charge in [0.1, 0.15) is 0 Å². The maximum absolute atomic E-state index is 11.9. The number of hydrogen-bond acceptors (Lipinski definition) is 4. The van der Waals surface area contributed by atoms with E-state index >= 15 is 0 Å². The molecule has 1 atom stereocenters. The third-order valence-corrected chi connectivity index (χ3v) is 3.76. The molecule has 2 rings (SSSR count). The van der Waals surface area contributed by atoms with Crippen molar-refractivity contribution in [3.05, 3.63) is 41.7 Å². The highest BCUT2D eigenvalue weighted by Crippen LogP contribution is 2.24. The normalized spacial score (nSPS) is 12.4. The lowest BCUT2D eigenvalue weighted by molar-refractivity contribution is 0.0935. The van der Waals surface area contributed by atoms with E-state index in [2.05, 4.69) is 46.7 Å². The predicted molar refractivity (Wildman–Crippen MR) is 79.7 cm³/mol. The number of aromatic nitrogens is 3. The van der Waals surface area contributed by atoms with Gasteiger partial charge in [0.2, 0.25) is 0 Å². The van der Waals surface area contributed by atoms with Crippen molar-refractivity contribution in [2.24, 2.45) is 0 Å². The lowest BCUT2D eigenvalue weighted by atomic mass is 10.1. The number of amides is 1. The first-order valence-corrected chi connectivity index (χ1v) is 7.37. The molecule has 0 saturated heterocycles. The minimum absolute atomic E-state index is 0.0719. The number of aromatic amines is 1. The Morgan fingerprint density at radius 2 is 1.95 bits per heavy atom. The van der Waals surface area contributed by atoms with Crippen LogP contribution < -0.4 is 5.32 Å². The molecule has 5 nitrogen and oxygen atoms in total. The molecule has 6 heteroatoms. The quantitative estimate of drug-likeness (QED) is 0.831. The van der Waals surface area contributed by atoms with Crippen molar-refractivity contribution in [1.82, 2.24) is 20.7 Å². The molecule has 106 valence electrons. The summed E-state index contributed by atoms with van der Waals surface area (Å²) in [5.74, 6) is -0.230. The summed E-state index contributed by atoms with van der Waals surface area (Å²) in [6.07, 6.45) is 1.41. The van der Waals surface area contributed by atoms with E-state index in [0.29, 0.717) is 10.9 Å². The van der Waals surface area contributed by atoms with E-state index in [1.54, 1.807) is 0 Å². The Morgan fingerprint density at radius 3 is 2.50 bits per heavy atom. The van der Waals surface area contributed by atoms with Gasteiger partial charge in [-0.15, -0.1) is 11.8 Å². The molecule has 1 aromatic heterocycles. The van der Waals surface area contributed by atoms with Crippen LogP contribution in [-0.2, 0) is 0 Å². The summed E-state index contributed by atoms with van der Waals surface area (Å²) in [6, 6.07) is 8.17. The maximum atomic E-state index is 11.9. The fraction of sp³-hybridized carbons (Fsp3) is 0.357. The Kier molecular flexibility index (Phi) is 4.79. The Hall–Kier alpha value is -1.82. The fourth-order valence-corrected chi connectivity index (χ4v) is 2.61. The average Bonchev–Trinajstić information content (AvgIpc) is 2.92. The summed E-state index contributed by atoms with van der Waals surface area (Å²) in [5.41, 5.74) is 1.36. The molecular formula is C14H18N4OS. The van der Waals surface area contributed by atoms with Gasteiger partial charge in [-0.2, -0.15) is 15.4 Å². The maximum Gasteiger partial charge on any atom is 0.273 e. The van der Waals surface area contributed by atoms with E-state index in [1.807, 2.05) is 30.8 Å². The molecule has 0 aliphatic rings. The molecule has 1 heterocycles. The van der Waals surface area contributed by atoms with Crippen LogP contribution in [0.1, 0.15) is 42.9 Å². The standard InChI is InChI=1S/C14H18N4OS/c1-9(2)20-12-6-4-11(5-7-12)10(3)16-14(19)13-8-15-18-17-13/h4-10H,1-3H3,(H,16,19)(H,15,17,18). The van der Waals surface area contributed by atoms with Crippen molar-refractivity contribution in [2.45, 2.75) is 37.0 Å². The molecule has 0 saturated carbocycles. The third kappa shape index (κ3) is 3.84. The molecule has 0 fully saturated rings. The molecule has 1 unspecified atom stereocenters. The first kappa shape index (κ1) is 14.6. The van der Waals surface area contributed by atoms with Crippen LogP contribution in [0.4, 0.5) is 0 Å². The van der Waals surface area contributed by atoms with Crippen LogP contribution in [0.25, 0.3) is 0 Å². The van der Waals surface area contributed by atoms with E-state index in [0.717, 1.165) is 5.56 Å². The van der Waals surface area contributed by atoms with Crippen LogP contribution in [0, 0.1) is 0 Å². The van der Waals surface area contributed by atoms with Crippen LogP contribution >= 0.6 is 11.8 Å². The number of H-pyrrole nitrogens is 1. The largest absolute Gasteiger partial charge is 0.344 e. The highest BCUT2D eigenvalue weighted by molar-refractivity contribution is 7.99. The van der Waals surface area contributed by atoms with Crippen LogP contribution in [0.15, 0.2) is 35.4 Å². The number of nitrogens with zero attached hydrogens (tertiary/aromatic N) is 2. The SMILES string of the molecule is CC(C)Sc1ccc(C(C)NC(=O)c2cn[nH]n2)cc1. The zero-order valence-electron chi connectivity index (χ0n) is 11.8. The van der Waals surface area contributed by atoms with E-state index < -0.39 is 0 Å². The average molecular weight is 290 g/mol. The van der Waals surface area contributed by atoms with Gasteiger partial charge in [-0.1, -0.05) is 26.0 Å². The number of carbonyl (C=O) groups excluding carboxylic acids is 1. The monoisotopic (exact) mass is 290 g/mol. The van der Waals surface area contributed by atoms with Crippen LogP contribution in [0.2, 0.25) is 0 Å². The van der Waals surface area contributed by atoms with E-state index in [1.165, 1.54) is 11.1 Å². The van der Waals surface area contributed by atoms with Gasteiger partial charge < -0.3 is 5.32 Å². The molecule has 20 heavy (non-hydrogen) atoms. The van der Waals surface area contributed by atoms with Gasteiger partial charge >= 0.3 is 0 Å². The van der Waals surface area contributed by atoms with Gasteiger partial charge in [0, 0.05) is 10.1 Å². The summed E-state index contributed by atoms with van der Waals surface area (Å²) < 4.78 is 0. The first-order valence-electron chi connectivity index (χ1n) is 6.49. The molecule has 2 aromatic rings. The van der Waals surface area contributed by atoms with Gasteiger partial charge in [-0.3, -0.25) is 4.79 Å². The molecule has 0 bridgehead atoms. The van der Waals surface area contributed by atoms with Crippen LogP contribution in [0.5, 0.6) is 0 Å². The van der Waals surface area contributed by atoms with Crippen LogP contribution in [-0.4, -0.2) is 26.6 Å². The zero-order chi connectivity index (χ0) is 14.5. The van der Waals surface area contributed by atoms with Gasteiger partial charge in [-0.25, -0.2) is 0 Å². The second-order valence-electron chi connectivity index (χ2n) is 4.79. The van der Waals surface area contributed by atoms with Gasteiger partial charge in [0.05, 0.1) is 12.2 Å². The molecule has 1 amide bonds. The number of carbonyl (C=O) groups is 1. The van der Waals surface area contributed by atoms with Crippen molar-refractivity contribution < 1.29 is 4.79 Å². The van der Waals surface area contributed by atoms with Crippen molar-refractivity contribution in [3.63, 3.8) is 0 Å². The van der Waals surface area contributed by atoms with Crippen molar-refractivity contribution in [3.8, 4) is 0 Å². The predicted octanol–water partition coefficient (Wildman–Crippen LogP) is 2.80. The van der Waals surface area contributed by atoms with Gasteiger partial charge in [-0.05, 0) is 24.6 Å². The van der Waals surface area contributed by atoms with Crippen molar-refractivity contribution >= 4 is 17.7 Å². The molecule has 0 aliphatic heterocycles. The molecule has 0 aliphatic carbocycles. The number of rotatable bonds is 5. The highest BCUT2D eigenvalue weighted by Gasteiger charge is 2.13. The Bertz CT molecular complexity index is 551. The highest BCUT2D eigenvalue weighted by atomic mass is 32.2. The Labute approximate surface area is 122 Å². The molecule has 0 spiro atoms. The zero-order valence-corrected chi connectivity index (χ0v) is 12.6. The number of benzene rings is 1. The summed E-state index contributed by atoms with van der Waals surface area (Å²) in [7, 11) is 0. The lowest BCUT2D eigenvalue weighted by Crippen LogP contribution is -2.26. The fourth-order valence-electron chi connectivity index (χ4n) is 1.77. The van der Waals surface area contributed by atoms with E-state index in [-0.39, 0.29) is 11.9 Å². The van der Waals surface area contributed by atoms with Crippen molar-refractivity contribution in [2.75, 3.05) is 0 Å². The molecule has 1 aromatic carbocycles. The van der Waals surface area contributed by atoms with E-state index in [4.69, 9.17) is 0 Å². The number of nitrogens with one attached hydrogen (secondary N) is 2. The van der Waals surface area contributed by atoms with Crippen LogP contribution in [0.3, 0.4) is 0 Å². The summed E-state index contributed by atoms with van der Waals surface area (Å²) >= 11 is 1.82. The summed E-state index contributed by atoms with van der Waals surface area (Å²) in [4.78, 5) is 13.1. The lowest BCUT2D eigenvalue weighted by Gasteiger charge is -2.14. The second kappa shape index (κ2) is 6.56. The summed E-state index contributed by atoms with van der Waals surface area (Å²) in [5, 5.41) is 13.3. The van der Waals surface area contributed by atoms with Gasteiger partial charge in [0.15, 0.2) is 5.69 Å². The summed E-state index contributed by atoms with van der Waals surface area (Å²) in [6.45, 7) is 6.28. The van der Waals surface area contributed by atoms with Gasteiger partial charge in [0.25, 0.3) is 5.91 Å². The number of hydrogen-bond donors (Lipinski definition) is 2. The van der Waals surface area contributed by atoms with E-state index in [9.17, 15) is 4.79 Å². The molecule has 0 radical (unpaired) electrons. The first-order chi connectivity index (χ1) is 9.56.